The van der Waals surface area contributed by atoms with Gasteiger partial charge in [-0.3, -0.25) is 4.90 Å². The molecule has 1 aromatic carbocycles. The highest BCUT2D eigenvalue weighted by Gasteiger charge is 2.23. The van der Waals surface area contributed by atoms with Gasteiger partial charge in [0.15, 0.2) is 0 Å². The van der Waals surface area contributed by atoms with E-state index < -0.39 is 10.0 Å². The first-order valence-corrected chi connectivity index (χ1v) is 9.88. The Morgan fingerprint density at radius 1 is 1.24 bits per heavy atom. The molecule has 0 amide bonds. The van der Waals surface area contributed by atoms with Crippen molar-refractivity contribution in [2.45, 2.75) is 17.5 Å². The average molecular weight is 382 g/mol. The molecule has 6 nitrogen and oxygen atoms in total. The van der Waals surface area contributed by atoms with Gasteiger partial charge in [-0.05, 0) is 17.7 Å². The lowest BCUT2D eigenvalue weighted by atomic mass is 10.2. The maximum absolute atomic E-state index is 12.3. The molecule has 8 heteroatoms. The zero-order valence-corrected chi connectivity index (χ0v) is 15.2. The summed E-state index contributed by atoms with van der Waals surface area (Å²) >= 11 is 5.69. The van der Waals surface area contributed by atoms with Crippen LogP contribution in [-0.2, 0) is 21.3 Å². The Hall–Kier alpha value is -1.51. The quantitative estimate of drug-likeness (QED) is 0.774. The van der Waals surface area contributed by atoms with E-state index in [-0.39, 0.29) is 22.7 Å². The second kappa shape index (κ2) is 8.25. The van der Waals surface area contributed by atoms with Gasteiger partial charge in [0.25, 0.3) is 0 Å². The maximum atomic E-state index is 12.3. The van der Waals surface area contributed by atoms with E-state index in [9.17, 15) is 8.42 Å². The number of benzene rings is 1. The lowest BCUT2D eigenvalue weighted by molar-refractivity contribution is -0.0276. The van der Waals surface area contributed by atoms with E-state index in [1.165, 1.54) is 23.9 Å². The minimum Gasteiger partial charge on any atom is -0.374 e. The van der Waals surface area contributed by atoms with E-state index in [0.717, 1.165) is 13.1 Å². The van der Waals surface area contributed by atoms with Crippen molar-refractivity contribution < 1.29 is 13.2 Å². The van der Waals surface area contributed by atoms with Crippen molar-refractivity contribution in [2.24, 2.45) is 0 Å². The first-order valence-electron chi connectivity index (χ1n) is 8.02. The Morgan fingerprint density at radius 3 is 2.76 bits per heavy atom. The van der Waals surface area contributed by atoms with Crippen LogP contribution in [0.2, 0.25) is 5.15 Å². The predicted molar refractivity (Wildman–Crippen MR) is 95.9 cm³/mol. The van der Waals surface area contributed by atoms with Crippen molar-refractivity contribution in [3.63, 3.8) is 0 Å². The van der Waals surface area contributed by atoms with E-state index in [0.29, 0.717) is 13.2 Å². The maximum Gasteiger partial charge on any atom is 0.242 e. The molecular formula is C17H20ClN3O3S. The van der Waals surface area contributed by atoms with Gasteiger partial charge in [0.1, 0.15) is 10.0 Å². The Kier molecular flexibility index (Phi) is 6.03. The smallest absolute Gasteiger partial charge is 0.242 e. The van der Waals surface area contributed by atoms with E-state index in [1.807, 2.05) is 18.2 Å². The summed E-state index contributed by atoms with van der Waals surface area (Å²) < 4.78 is 32.9. The van der Waals surface area contributed by atoms with Gasteiger partial charge in [0.2, 0.25) is 10.0 Å². The molecule has 0 aliphatic carbocycles. The van der Waals surface area contributed by atoms with Crippen LogP contribution in [0.1, 0.15) is 5.56 Å². The van der Waals surface area contributed by atoms with Crippen molar-refractivity contribution in [1.29, 1.82) is 0 Å². The van der Waals surface area contributed by atoms with E-state index in [4.69, 9.17) is 16.3 Å². The van der Waals surface area contributed by atoms with E-state index in [1.54, 1.807) is 0 Å². The minimum atomic E-state index is -3.62. The second-order valence-electron chi connectivity index (χ2n) is 5.88. The van der Waals surface area contributed by atoms with Gasteiger partial charge in [0.05, 0.1) is 12.7 Å². The minimum absolute atomic E-state index is 0.0915. The van der Waals surface area contributed by atoms with Crippen LogP contribution in [0.3, 0.4) is 0 Å². The molecule has 1 aliphatic heterocycles. The molecule has 1 saturated heterocycles. The lowest BCUT2D eigenvalue weighted by Gasteiger charge is -2.33. The number of hydrogen-bond donors (Lipinski definition) is 1. The standard InChI is InChI=1S/C17H20ClN3O3S/c18-17-7-6-16(11-19-17)25(22,23)20-10-15-13-21(8-9-24-15)12-14-4-2-1-3-5-14/h1-7,11,15,20H,8-10,12-13H2. The molecule has 1 aromatic heterocycles. The van der Waals surface area contributed by atoms with Crippen LogP contribution >= 0.6 is 11.6 Å². The summed E-state index contributed by atoms with van der Waals surface area (Å²) in [6.45, 7) is 3.14. The Balaban J connectivity index is 1.55. The third kappa shape index (κ3) is 5.23. The zero-order valence-electron chi connectivity index (χ0n) is 13.6. The van der Waals surface area contributed by atoms with Gasteiger partial charge in [-0.15, -0.1) is 0 Å². The summed E-state index contributed by atoms with van der Waals surface area (Å²) in [5.41, 5.74) is 1.23. The summed E-state index contributed by atoms with van der Waals surface area (Å²) in [4.78, 5) is 6.16. The fourth-order valence-electron chi connectivity index (χ4n) is 2.70. The van der Waals surface area contributed by atoms with Gasteiger partial charge in [-0.1, -0.05) is 41.9 Å². The Labute approximate surface area is 152 Å². The molecule has 2 aromatic rings. The number of nitrogens with zero attached hydrogens (tertiary/aromatic N) is 2. The van der Waals surface area contributed by atoms with Crippen LogP contribution in [0.15, 0.2) is 53.6 Å². The third-order valence-electron chi connectivity index (χ3n) is 3.98. The molecule has 3 rings (SSSR count). The predicted octanol–water partition coefficient (Wildman–Crippen LogP) is 1.91. The van der Waals surface area contributed by atoms with Crippen LogP contribution < -0.4 is 4.72 Å². The first-order chi connectivity index (χ1) is 12.0. The zero-order chi connectivity index (χ0) is 17.7. The highest BCUT2D eigenvalue weighted by molar-refractivity contribution is 7.89. The molecule has 1 unspecified atom stereocenters. The number of ether oxygens (including phenoxy) is 1. The number of pyridine rings is 1. The van der Waals surface area contributed by atoms with Crippen molar-refractivity contribution in [2.75, 3.05) is 26.2 Å². The molecule has 2 heterocycles. The molecule has 1 fully saturated rings. The normalized spacial score (nSPS) is 19.0. The van der Waals surface area contributed by atoms with Crippen molar-refractivity contribution in [3.05, 3.63) is 59.4 Å². The highest BCUT2D eigenvalue weighted by Crippen LogP contribution is 2.13. The van der Waals surface area contributed by atoms with E-state index >= 15 is 0 Å². The molecule has 25 heavy (non-hydrogen) atoms. The molecule has 1 N–H and O–H groups in total. The highest BCUT2D eigenvalue weighted by atomic mass is 35.5. The summed E-state index contributed by atoms with van der Waals surface area (Å²) in [6, 6.07) is 13.1. The number of rotatable bonds is 6. The molecule has 1 atom stereocenters. The largest absolute Gasteiger partial charge is 0.374 e. The monoisotopic (exact) mass is 381 g/mol. The molecule has 0 spiro atoms. The number of halogens is 1. The molecule has 0 saturated carbocycles. The Morgan fingerprint density at radius 2 is 2.04 bits per heavy atom. The Bertz CT molecular complexity index is 785. The first kappa shape index (κ1) is 18.3. The number of sulfonamides is 1. The topological polar surface area (TPSA) is 71.5 Å². The van der Waals surface area contributed by atoms with Crippen LogP contribution in [0.25, 0.3) is 0 Å². The SMILES string of the molecule is O=S(=O)(NCC1CN(Cc2ccccc2)CCO1)c1ccc(Cl)nc1. The van der Waals surface area contributed by atoms with Crippen LogP contribution in [0.4, 0.5) is 0 Å². The van der Waals surface area contributed by atoms with Crippen LogP contribution in [0.5, 0.6) is 0 Å². The number of morpholine rings is 1. The van der Waals surface area contributed by atoms with Gasteiger partial charge in [-0.25, -0.2) is 18.1 Å². The third-order valence-corrected chi connectivity index (χ3v) is 5.62. The fraction of sp³-hybridized carbons (Fsp3) is 0.353. The van der Waals surface area contributed by atoms with Gasteiger partial charge < -0.3 is 4.74 Å². The summed E-state index contributed by atoms with van der Waals surface area (Å²) in [7, 11) is -3.62. The van der Waals surface area contributed by atoms with E-state index in [2.05, 4.69) is 26.7 Å². The molecule has 134 valence electrons. The number of hydrogen-bond acceptors (Lipinski definition) is 5. The van der Waals surface area contributed by atoms with Crippen LogP contribution in [-0.4, -0.2) is 50.6 Å². The van der Waals surface area contributed by atoms with Gasteiger partial charge in [-0.2, -0.15) is 0 Å². The summed E-state index contributed by atoms with van der Waals surface area (Å²) in [5, 5.41) is 0.256. The number of nitrogens with one attached hydrogen (secondary N) is 1. The molecule has 0 bridgehead atoms. The fourth-order valence-corrected chi connectivity index (χ4v) is 3.82. The van der Waals surface area contributed by atoms with Crippen molar-refractivity contribution in [1.82, 2.24) is 14.6 Å². The molecule has 1 aliphatic rings. The van der Waals surface area contributed by atoms with Crippen molar-refractivity contribution >= 4 is 21.6 Å². The van der Waals surface area contributed by atoms with Gasteiger partial charge >= 0.3 is 0 Å². The summed E-state index contributed by atoms with van der Waals surface area (Å²) in [5.74, 6) is 0. The molecular weight excluding hydrogens is 362 g/mol. The van der Waals surface area contributed by atoms with Gasteiger partial charge in [0, 0.05) is 32.4 Å². The molecule has 0 radical (unpaired) electrons. The second-order valence-corrected chi connectivity index (χ2v) is 8.04. The lowest BCUT2D eigenvalue weighted by Crippen LogP contribution is -2.47. The summed E-state index contributed by atoms with van der Waals surface area (Å²) in [6.07, 6.45) is 1.06. The van der Waals surface area contributed by atoms with Crippen LogP contribution in [0, 0.1) is 0 Å². The average Bonchev–Trinajstić information content (AvgIpc) is 2.62. The van der Waals surface area contributed by atoms with Crippen molar-refractivity contribution in [3.8, 4) is 0 Å². The number of aromatic nitrogens is 1.